The Labute approximate surface area is 126 Å². The highest BCUT2D eigenvalue weighted by atomic mass is 79.9. The number of halogens is 2. The van der Waals surface area contributed by atoms with Crippen molar-refractivity contribution in [2.24, 2.45) is 11.1 Å². The molecule has 2 rings (SSSR count). The molecule has 0 amide bonds. The average Bonchev–Trinajstić information content (AvgIpc) is 2.59. The van der Waals surface area contributed by atoms with Crippen LogP contribution in [0.5, 0.6) is 0 Å². The summed E-state index contributed by atoms with van der Waals surface area (Å²) < 4.78 is 1.56. The van der Waals surface area contributed by atoms with E-state index in [1.54, 1.807) is 0 Å². The minimum atomic E-state index is -0.491. The summed E-state index contributed by atoms with van der Waals surface area (Å²) in [6.45, 7) is 0.543. The van der Waals surface area contributed by atoms with Gasteiger partial charge in [0.05, 0.1) is 6.10 Å². The molecule has 0 bridgehead atoms. The van der Waals surface area contributed by atoms with Crippen LogP contribution >= 0.6 is 38.9 Å². The van der Waals surface area contributed by atoms with Crippen LogP contribution in [-0.2, 0) is 0 Å². The summed E-state index contributed by atoms with van der Waals surface area (Å²) in [5, 5.41) is 10.7. The zero-order chi connectivity index (χ0) is 13.2. The van der Waals surface area contributed by atoms with Gasteiger partial charge in [-0.2, -0.15) is 0 Å². The first-order chi connectivity index (χ1) is 8.59. The van der Waals surface area contributed by atoms with Crippen molar-refractivity contribution in [3.8, 4) is 0 Å². The van der Waals surface area contributed by atoms with E-state index in [0.717, 1.165) is 35.0 Å². The summed E-state index contributed by atoms with van der Waals surface area (Å²) in [5.41, 5.74) is 5.83. The number of aliphatic hydroxyl groups excluding tert-OH is 1. The molecule has 0 spiro atoms. The van der Waals surface area contributed by atoms with Crippen molar-refractivity contribution in [2.45, 2.75) is 44.6 Å². The lowest BCUT2D eigenvalue weighted by Gasteiger charge is -2.36. The maximum absolute atomic E-state index is 10.7. The first kappa shape index (κ1) is 14.8. The molecule has 1 aromatic rings. The zero-order valence-corrected chi connectivity index (χ0v) is 13.5. The molecule has 1 aliphatic rings. The second kappa shape index (κ2) is 6.23. The largest absolute Gasteiger partial charge is 0.387 e. The van der Waals surface area contributed by atoms with E-state index in [1.165, 1.54) is 24.2 Å². The summed E-state index contributed by atoms with van der Waals surface area (Å²) in [6, 6.07) is 1.93. The van der Waals surface area contributed by atoms with Crippen LogP contribution in [0.3, 0.4) is 0 Å². The lowest BCUT2D eigenvalue weighted by molar-refractivity contribution is 0.0193. The van der Waals surface area contributed by atoms with E-state index < -0.39 is 6.10 Å². The van der Waals surface area contributed by atoms with Gasteiger partial charge in [-0.25, -0.2) is 0 Å². The first-order valence-corrected chi connectivity index (χ1v) is 8.41. The van der Waals surface area contributed by atoms with Gasteiger partial charge in [0, 0.05) is 21.3 Å². The highest BCUT2D eigenvalue weighted by Crippen LogP contribution is 2.47. The highest BCUT2D eigenvalue weighted by molar-refractivity contribution is 9.10. The molecule has 5 heteroatoms. The third-order valence-electron chi connectivity index (χ3n) is 4.02. The van der Waals surface area contributed by atoms with Crippen LogP contribution in [0.1, 0.15) is 49.5 Å². The summed E-state index contributed by atoms with van der Waals surface area (Å²) >= 11 is 10.9. The zero-order valence-electron chi connectivity index (χ0n) is 10.3. The molecule has 1 atom stereocenters. The average molecular weight is 353 g/mol. The van der Waals surface area contributed by atoms with Gasteiger partial charge >= 0.3 is 0 Å². The molecule has 2 nitrogen and oxygen atoms in total. The maximum atomic E-state index is 10.7. The molecule has 18 heavy (non-hydrogen) atoms. The van der Waals surface area contributed by atoms with Crippen molar-refractivity contribution >= 4 is 38.9 Å². The minimum Gasteiger partial charge on any atom is -0.387 e. The summed E-state index contributed by atoms with van der Waals surface area (Å²) in [4.78, 5) is 0.930. The molecule has 0 radical (unpaired) electrons. The van der Waals surface area contributed by atoms with Crippen LogP contribution in [0.2, 0.25) is 4.34 Å². The number of aliphatic hydroxyl groups is 1. The maximum Gasteiger partial charge on any atom is 0.107 e. The van der Waals surface area contributed by atoms with Crippen LogP contribution in [-0.4, -0.2) is 11.7 Å². The smallest absolute Gasteiger partial charge is 0.107 e. The predicted molar refractivity (Wildman–Crippen MR) is 81.2 cm³/mol. The fourth-order valence-corrected chi connectivity index (χ4v) is 4.69. The number of hydrogen-bond donors (Lipinski definition) is 2. The van der Waals surface area contributed by atoms with Gasteiger partial charge in [0.2, 0.25) is 0 Å². The lowest BCUT2D eigenvalue weighted by Crippen LogP contribution is -2.36. The Balaban J connectivity index is 2.25. The normalized spacial score (nSPS) is 21.6. The van der Waals surface area contributed by atoms with Crippen molar-refractivity contribution in [1.82, 2.24) is 0 Å². The third-order valence-corrected chi connectivity index (χ3v) is 6.55. The Morgan fingerprint density at radius 2 is 2.00 bits per heavy atom. The minimum absolute atomic E-state index is 0.163. The summed E-state index contributed by atoms with van der Waals surface area (Å²) in [5.74, 6) is 0. The molecule has 0 aliphatic heterocycles. The van der Waals surface area contributed by atoms with Crippen molar-refractivity contribution < 1.29 is 5.11 Å². The third kappa shape index (κ3) is 2.93. The van der Waals surface area contributed by atoms with Gasteiger partial charge in [0.1, 0.15) is 4.34 Å². The fraction of sp³-hybridized carbons (Fsp3) is 0.692. The molecule has 1 heterocycles. The summed E-state index contributed by atoms with van der Waals surface area (Å²) in [6.07, 6.45) is 6.36. The van der Waals surface area contributed by atoms with Crippen molar-refractivity contribution in [3.63, 3.8) is 0 Å². The SMILES string of the molecule is NCC1(C(O)c2cc(Br)c(Cl)s2)CCCCCC1. The van der Waals surface area contributed by atoms with Crippen molar-refractivity contribution in [1.29, 1.82) is 0 Å². The Morgan fingerprint density at radius 1 is 1.39 bits per heavy atom. The van der Waals surface area contributed by atoms with Gasteiger partial charge in [0.25, 0.3) is 0 Å². The monoisotopic (exact) mass is 351 g/mol. The van der Waals surface area contributed by atoms with Gasteiger partial charge in [-0.05, 0) is 34.8 Å². The molecule has 1 saturated carbocycles. The lowest BCUT2D eigenvalue weighted by atomic mass is 9.75. The quantitative estimate of drug-likeness (QED) is 0.787. The van der Waals surface area contributed by atoms with Crippen molar-refractivity contribution in [2.75, 3.05) is 6.54 Å². The molecule has 0 saturated heterocycles. The second-order valence-corrected chi connectivity index (χ2v) is 7.69. The molecule has 1 unspecified atom stereocenters. The molecule has 0 aromatic carbocycles. The van der Waals surface area contributed by atoms with E-state index in [4.69, 9.17) is 17.3 Å². The van der Waals surface area contributed by atoms with E-state index in [-0.39, 0.29) is 5.41 Å². The fourth-order valence-electron chi connectivity index (χ4n) is 2.82. The van der Waals surface area contributed by atoms with Crippen LogP contribution in [0.15, 0.2) is 10.5 Å². The van der Waals surface area contributed by atoms with Crippen molar-refractivity contribution in [3.05, 3.63) is 19.8 Å². The van der Waals surface area contributed by atoms with Gasteiger partial charge < -0.3 is 10.8 Å². The number of hydrogen-bond acceptors (Lipinski definition) is 3. The Morgan fingerprint density at radius 3 is 2.44 bits per heavy atom. The van der Waals surface area contributed by atoms with Crippen LogP contribution in [0.4, 0.5) is 0 Å². The Bertz CT molecular complexity index is 382. The molecular formula is C13H19BrClNOS. The van der Waals surface area contributed by atoms with Crippen LogP contribution < -0.4 is 5.73 Å². The Kier molecular flexibility index (Phi) is 5.12. The molecule has 1 aliphatic carbocycles. The van der Waals surface area contributed by atoms with Crippen LogP contribution in [0.25, 0.3) is 0 Å². The first-order valence-electron chi connectivity index (χ1n) is 6.42. The van der Waals surface area contributed by atoms with E-state index >= 15 is 0 Å². The topological polar surface area (TPSA) is 46.2 Å². The standard InChI is InChI=1S/C13H19BrClNOS/c14-9-7-10(18-12(9)15)11(17)13(8-16)5-3-1-2-4-6-13/h7,11,17H,1-6,8,16H2. The summed E-state index contributed by atoms with van der Waals surface area (Å²) in [7, 11) is 0. The van der Waals surface area contributed by atoms with Gasteiger partial charge in [-0.3, -0.25) is 0 Å². The van der Waals surface area contributed by atoms with E-state index in [1.807, 2.05) is 6.07 Å². The molecule has 102 valence electrons. The van der Waals surface area contributed by atoms with Crippen LogP contribution in [0, 0.1) is 5.41 Å². The number of thiophene rings is 1. The van der Waals surface area contributed by atoms with Gasteiger partial charge in [-0.15, -0.1) is 11.3 Å². The Hall–Kier alpha value is 0.390. The highest BCUT2D eigenvalue weighted by Gasteiger charge is 2.38. The second-order valence-electron chi connectivity index (χ2n) is 5.15. The number of rotatable bonds is 3. The van der Waals surface area contributed by atoms with E-state index in [9.17, 15) is 5.11 Å². The van der Waals surface area contributed by atoms with Gasteiger partial charge in [0.15, 0.2) is 0 Å². The molecule has 1 aromatic heterocycles. The molecule has 1 fully saturated rings. The number of nitrogens with two attached hydrogens (primary N) is 1. The molecular weight excluding hydrogens is 334 g/mol. The predicted octanol–water partition coefficient (Wildman–Crippen LogP) is 4.50. The molecule has 3 N–H and O–H groups in total. The van der Waals surface area contributed by atoms with E-state index in [2.05, 4.69) is 15.9 Å². The van der Waals surface area contributed by atoms with Gasteiger partial charge in [-0.1, -0.05) is 37.3 Å². The van der Waals surface area contributed by atoms with E-state index in [0.29, 0.717) is 10.9 Å².